The Balaban J connectivity index is -0.000000137. The monoisotopic (exact) mass is 409 g/mol. The van der Waals surface area contributed by atoms with Crippen molar-refractivity contribution in [1.82, 2.24) is 10.6 Å². The summed E-state index contributed by atoms with van der Waals surface area (Å²) in [4.78, 5) is 0. The predicted molar refractivity (Wildman–Crippen MR) is 75.9 cm³/mol. The second-order valence-corrected chi connectivity index (χ2v) is 6.34. The van der Waals surface area contributed by atoms with Crippen LogP contribution < -0.4 is 10.6 Å². The molecule has 147 valence electrons. The molecule has 2 N–H and O–H groups in total. The Bertz CT molecular complexity index is 234. The summed E-state index contributed by atoms with van der Waals surface area (Å²) in [5.41, 5.74) is 0.471. The molecule has 0 spiro atoms. The maximum atomic E-state index is 9.75. The van der Waals surface area contributed by atoms with Crippen LogP contribution >= 0.6 is 0 Å². The largest absolute Gasteiger partial charge is 2.00 e. The van der Waals surface area contributed by atoms with Crippen LogP contribution in [0.1, 0.15) is 41.5 Å². The minimum Gasteiger partial charge on any atom is -0.418 e. The van der Waals surface area contributed by atoms with E-state index in [9.17, 15) is 34.5 Å². The van der Waals surface area contributed by atoms with Gasteiger partial charge in [0.2, 0.25) is 0 Å². The van der Waals surface area contributed by atoms with Gasteiger partial charge in [-0.15, -0.1) is 0 Å². The average molecular weight is 409 g/mol. The van der Waals surface area contributed by atoms with E-state index in [2.05, 4.69) is 52.2 Å². The Morgan fingerprint density at radius 3 is 0.783 bits per heavy atom. The van der Waals surface area contributed by atoms with Crippen LogP contribution in [-0.4, -0.2) is 38.7 Å². The van der Waals surface area contributed by atoms with E-state index < -0.39 is 14.5 Å². The zero-order valence-corrected chi connectivity index (χ0v) is 14.8. The fourth-order valence-electron chi connectivity index (χ4n) is 0.875. The predicted octanol–water partition coefficient (Wildman–Crippen LogP) is 4.36. The molecule has 0 aromatic heterocycles. The standard InChI is InChI=1S/C10H24N2.2BF4.Cu/c1-9(2,3)11-7-8-12-10(4,5)6;2*2-1(3,4)5;/h11-12H,7-8H2,1-6H3;;;/q;2*-1;+2. The van der Waals surface area contributed by atoms with Gasteiger partial charge in [-0.05, 0) is 41.5 Å². The minimum atomic E-state index is -6.00. The van der Waals surface area contributed by atoms with Gasteiger partial charge in [0, 0.05) is 24.2 Å². The van der Waals surface area contributed by atoms with Gasteiger partial charge in [0.05, 0.1) is 0 Å². The molecule has 0 aromatic rings. The first-order chi connectivity index (χ1) is 9.21. The molecule has 0 fully saturated rings. The molecular weight excluding hydrogens is 385 g/mol. The van der Waals surface area contributed by atoms with Gasteiger partial charge in [0.25, 0.3) is 0 Å². The Kier molecular flexibility index (Phi) is 16.6. The van der Waals surface area contributed by atoms with E-state index in [0.29, 0.717) is 0 Å². The fourth-order valence-corrected chi connectivity index (χ4v) is 0.875. The Hall–Kier alpha value is 0.00935. The van der Waals surface area contributed by atoms with Crippen LogP contribution in [0.15, 0.2) is 0 Å². The van der Waals surface area contributed by atoms with Gasteiger partial charge in [-0.25, -0.2) is 0 Å². The van der Waals surface area contributed by atoms with Gasteiger partial charge < -0.3 is 45.2 Å². The molecule has 23 heavy (non-hydrogen) atoms. The molecule has 1 radical (unpaired) electrons. The molecule has 0 aliphatic carbocycles. The van der Waals surface area contributed by atoms with Crippen molar-refractivity contribution in [3.8, 4) is 0 Å². The van der Waals surface area contributed by atoms with Gasteiger partial charge in [-0.2, -0.15) is 0 Å². The summed E-state index contributed by atoms with van der Waals surface area (Å²) >= 11 is 0. The molecule has 13 heteroatoms. The molecule has 2 nitrogen and oxygen atoms in total. The molecule has 0 aliphatic rings. The van der Waals surface area contributed by atoms with Crippen molar-refractivity contribution in [3.63, 3.8) is 0 Å². The van der Waals surface area contributed by atoms with E-state index in [1.165, 1.54) is 0 Å². The van der Waals surface area contributed by atoms with Crippen molar-refractivity contribution in [1.29, 1.82) is 0 Å². The summed E-state index contributed by atoms with van der Waals surface area (Å²) in [6.07, 6.45) is 0. The molecule has 0 saturated heterocycles. The molecule has 0 unspecified atom stereocenters. The topological polar surface area (TPSA) is 24.1 Å². The SMILES string of the molecule is CC(C)(C)NCCNC(C)(C)C.F[B-](F)(F)F.F[B-](F)(F)F.[Cu+2]. The van der Waals surface area contributed by atoms with E-state index >= 15 is 0 Å². The number of halogens is 8. The van der Waals surface area contributed by atoms with Gasteiger partial charge in [0.1, 0.15) is 0 Å². The average Bonchev–Trinajstić information content (AvgIpc) is 2.03. The summed E-state index contributed by atoms with van der Waals surface area (Å²) in [5.74, 6) is 0. The van der Waals surface area contributed by atoms with Crippen LogP contribution in [0.3, 0.4) is 0 Å². The molecule has 0 rings (SSSR count). The maximum Gasteiger partial charge on any atom is 2.00 e. The van der Waals surface area contributed by atoms with Crippen LogP contribution in [0.4, 0.5) is 34.5 Å². The molecule has 0 heterocycles. The molecule has 0 atom stereocenters. The first kappa shape index (κ1) is 30.8. The number of hydrogen-bond acceptors (Lipinski definition) is 2. The van der Waals surface area contributed by atoms with Crippen LogP contribution in [0.5, 0.6) is 0 Å². The molecular formula is C10H24B2CuF8N2. The van der Waals surface area contributed by atoms with Crippen LogP contribution in [0, 0.1) is 0 Å². The Labute approximate surface area is 143 Å². The van der Waals surface area contributed by atoms with Crippen molar-refractivity contribution < 1.29 is 51.6 Å². The first-order valence-electron chi connectivity index (χ1n) is 6.45. The van der Waals surface area contributed by atoms with Gasteiger partial charge >= 0.3 is 31.6 Å². The summed E-state index contributed by atoms with van der Waals surface area (Å²) in [7, 11) is -12.0. The third kappa shape index (κ3) is 109. The molecule has 0 saturated carbocycles. The van der Waals surface area contributed by atoms with Crippen molar-refractivity contribution in [2.75, 3.05) is 13.1 Å². The van der Waals surface area contributed by atoms with Gasteiger partial charge in [0.15, 0.2) is 0 Å². The zero-order chi connectivity index (χ0) is 18.8. The van der Waals surface area contributed by atoms with Crippen molar-refractivity contribution >= 4 is 14.5 Å². The summed E-state index contributed by atoms with van der Waals surface area (Å²) in [5, 5.41) is 6.86. The normalized spacial score (nSPS) is 12.3. The van der Waals surface area contributed by atoms with Crippen molar-refractivity contribution in [2.45, 2.75) is 52.6 Å². The van der Waals surface area contributed by atoms with Gasteiger partial charge in [-0.1, -0.05) is 0 Å². The van der Waals surface area contributed by atoms with Crippen molar-refractivity contribution in [2.24, 2.45) is 0 Å². The van der Waals surface area contributed by atoms with Crippen LogP contribution in [-0.2, 0) is 17.1 Å². The number of hydrogen-bond donors (Lipinski definition) is 2. The maximum absolute atomic E-state index is 9.75. The van der Waals surface area contributed by atoms with Crippen LogP contribution in [0.25, 0.3) is 0 Å². The Morgan fingerprint density at radius 1 is 0.565 bits per heavy atom. The summed E-state index contributed by atoms with van der Waals surface area (Å²) in [6, 6.07) is 0. The van der Waals surface area contributed by atoms with E-state index in [4.69, 9.17) is 0 Å². The zero-order valence-electron chi connectivity index (χ0n) is 13.9. The third-order valence-electron chi connectivity index (χ3n) is 1.44. The fraction of sp³-hybridized carbons (Fsp3) is 1.00. The molecule has 0 aromatic carbocycles. The quantitative estimate of drug-likeness (QED) is 0.411. The second-order valence-electron chi connectivity index (χ2n) is 6.34. The number of rotatable bonds is 3. The Morgan fingerprint density at radius 2 is 0.696 bits per heavy atom. The summed E-state index contributed by atoms with van der Waals surface area (Å²) in [6.45, 7) is 15.2. The number of nitrogens with one attached hydrogen (secondary N) is 2. The van der Waals surface area contributed by atoms with E-state index in [1.54, 1.807) is 0 Å². The third-order valence-corrected chi connectivity index (χ3v) is 1.44. The van der Waals surface area contributed by atoms with Crippen LogP contribution in [0.2, 0.25) is 0 Å². The van der Waals surface area contributed by atoms with E-state index in [0.717, 1.165) is 13.1 Å². The van der Waals surface area contributed by atoms with Crippen molar-refractivity contribution in [3.05, 3.63) is 0 Å². The molecule has 0 aliphatic heterocycles. The minimum absolute atomic E-state index is 0. The molecule has 0 bridgehead atoms. The van der Waals surface area contributed by atoms with Gasteiger partial charge in [-0.3, -0.25) is 0 Å². The second kappa shape index (κ2) is 12.4. The first-order valence-corrected chi connectivity index (χ1v) is 6.45. The smallest absolute Gasteiger partial charge is 0.418 e. The molecule has 0 amide bonds. The summed E-state index contributed by atoms with van der Waals surface area (Å²) < 4.78 is 78.0. The van der Waals surface area contributed by atoms with E-state index in [1.807, 2.05) is 0 Å². The van der Waals surface area contributed by atoms with E-state index in [-0.39, 0.29) is 28.1 Å².